The smallest absolute Gasteiger partial charge is 0.271 e. The van der Waals surface area contributed by atoms with Gasteiger partial charge in [0, 0.05) is 24.2 Å². The number of nitriles is 1. The van der Waals surface area contributed by atoms with Crippen molar-refractivity contribution in [2.24, 2.45) is 0 Å². The number of hydrogen-bond donors (Lipinski definition) is 0. The monoisotopic (exact) mass is 641 g/mol. The summed E-state index contributed by atoms with van der Waals surface area (Å²) in [6, 6.07) is 18.0. The quantitative estimate of drug-likeness (QED) is 0.237. The Labute approximate surface area is 268 Å². The molecule has 238 valence electrons. The number of carbonyl (C=O) groups excluding carboxylic acids is 1. The molecule has 1 amide bonds. The van der Waals surface area contributed by atoms with Crippen LogP contribution in [0.5, 0.6) is 11.5 Å². The second-order valence-electron chi connectivity index (χ2n) is 11.4. The van der Waals surface area contributed by atoms with E-state index in [2.05, 4.69) is 22.9 Å². The third kappa shape index (κ3) is 4.92. The molecule has 2 atom stereocenters. The molecule has 0 spiro atoms. The molecule has 1 unspecified atom stereocenters. The first-order valence-electron chi connectivity index (χ1n) is 15.0. The molecule has 3 aromatic carbocycles. The first-order valence-corrected chi connectivity index (χ1v) is 16.4. The van der Waals surface area contributed by atoms with Gasteiger partial charge in [-0.15, -0.1) is 0 Å². The molecule has 0 N–H and O–H groups in total. The number of hydrogen-bond acceptors (Lipinski definition) is 10. The van der Waals surface area contributed by atoms with Crippen molar-refractivity contribution in [3.8, 4) is 17.6 Å². The predicted molar refractivity (Wildman–Crippen MR) is 170 cm³/mol. The van der Waals surface area contributed by atoms with E-state index in [0.29, 0.717) is 54.4 Å². The van der Waals surface area contributed by atoms with Crippen molar-refractivity contribution in [1.82, 2.24) is 14.8 Å². The number of carbonyl (C=O) groups is 1. The average Bonchev–Trinajstić information content (AvgIpc) is 3.83. The zero-order valence-corrected chi connectivity index (χ0v) is 27.0. The molecule has 12 heteroatoms. The van der Waals surface area contributed by atoms with Gasteiger partial charge in [-0.05, 0) is 86.6 Å². The van der Waals surface area contributed by atoms with Gasteiger partial charge >= 0.3 is 0 Å². The Kier molecular flexibility index (Phi) is 8.33. The molecule has 2 aliphatic rings. The van der Waals surface area contributed by atoms with E-state index >= 15 is 4.79 Å². The lowest BCUT2D eigenvalue weighted by atomic mass is 9.79. The van der Waals surface area contributed by atoms with Gasteiger partial charge < -0.3 is 18.8 Å². The Morgan fingerprint density at radius 3 is 2.52 bits per heavy atom. The number of methoxy groups -OCH3 is 2. The third-order valence-electron chi connectivity index (χ3n) is 8.89. The summed E-state index contributed by atoms with van der Waals surface area (Å²) in [6.45, 7) is 3.86. The van der Waals surface area contributed by atoms with E-state index in [1.165, 1.54) is 56.9 Å². The molecule has 1 saturated heterocycles. The van der Waals surface area contributed by atoms with Gasteiger partial charge in [-0.3, -0.25) is 9.69 Å². The second kappa shape index (κ2) is 12.2. The maximum Gasteiger partial charge on any atom is 0.271 e. The van der Waals surface area contributed by atoms with Crippen LogP contribution in [-0.2, 0) is 26.9 Å². The molecule has 2 aliphatic heterocycles. The van der Waals surface area contributed by atoms with Crippen molar-refractivity contribution in [1.29, 1.82) is 5.26 Å². The van der Waals surface area contributed by atoms with Crippen molar-refractivity contribution < 1.29 is 27.1 Å². The van der Waals surface area contributed by atoms with Gasteiger partial charge in [0.15, 0.2) is 5.54 Å². The zero-order chi connectivity index (χ0) is 32.6. The normalized spacial score (nSPS) is 19.8. The molecule has 1 aromatic heterocycles. The maximum absolute atomic E-state index is 15.5. The van der Waals surface area contributed by atoms with Gasteiger partial charge in [0.25, 0.3) is 15.9 Å². The van der Waals surface area contributed by atoms with Crippen molar-refractivity contribution in [2.75, 3.05) is 38.7 Å². The summed E-state index contributed by atoms with van der Waals surface area (Å²) in [7, 11) is 0.566. The Hall–Kier alpha value is -4.70. The summed E-state index contributed by atoms with van der Waals surface area (Å²) >= 11 is 0. The van der Waals surface area contributed by atoms with Gasteiger partial charge in [-0.25, -0.2) is 17.7 Å². The fourth-order valence-electron chi connectivity index (χ4n) is 6.61. The highest BCUT2D eigenvalue weighted by Crippen LogP contribution is 2.56. The molecule has 46 heavy (non-hydrogen) atoms. The van der Waals surface area contributed by atoms with E-state index in [1.54, 1.807) is 12.3 Å². The molecule has 0 aliphatic carbocycles. The molecule has 6 rings (SSSR count). The number of fused-ring (bicyclic) bond motifs is 1. The number of aromatic nitrogens is 1. The standard InChI is InChI=1S/C34H35N5O6S/c1-5-37(2)22-24-9-15-31(44-4)28(20-24)34(38-17-6-7-30(38)32-36-16-18-45-32)27-19-23(21-35)8-14-29(27)39(33(34)40)46(41,42)26-12-10-25(43-3)11-13-26/h8-16,18-20,30H,5-7,17,22H2,1-4H3/t30-,34?/m0/s1. The third-order valence-corrected chi connectivity index (χ3v) is 10.6. The molecule has 0 bridgehead atoms. The van der Waals surface area contributed by atoms with Crippen molar-refractivity contribution in [2.45, 2.75) is 42.8 Å². The van der Waals surface area contributed by atoms with Crippen LogP contribution in [0.1, 0.15) is 54.0 Å². The van der Waals surface area contributed by atoms with Crippen LogP contribution in [0.4, 0.5) is 5.69 Å². The van der Waals surface area contributed by atoms with Crippen LogP contribution in [0.2, 0.25) is 0 Å². The summed E-state index contributed by atoms with van der Waals surface area (Å²) in [5, 5.41) is 10.0. The summed E-state index contributed by atoms with van der Waals surface area (Å²) in [6.07, 6.45) is 4.35. The van der Waals surface area contributed by atoms with E-state index in [0.717, 1.165) is 16.4 Å². The van der Waals surface area contributed by atoms with Crippen LogP contribution in [0.15, 0.2) is 82.4 Å². The van der Waals surface area contributed by atoms with E-state index in [9.17, 15) is 13.7 Å². The summed E-state index contributed by atoms with van der Waals surface area (Å²) in [4.78, 5) is 23.9. The predicted octanol–water partition coefficient (Wildman–Crippen LogP) is 4.83. The van der Waals surface area contributed by atoms with E-state index in [1.807, 2.05) is 30.1 Å². The SMILES string of the molecule is CCN(C)Cc1ccc(OC)c(C2(N3CCC[C@H]3c3ncco3)C(=O)N(S(=O)(=O)c3ccc(OC)cc3)c3ccc(C#N)cc32)c1. The number of ether oxygens (including phenoxy) is 2. The largest absolute Gasteiger partial charge is 0.497 e. The molecule has 1 fully saturated rings. The van der Waals surface area contributed by atoms with Crippen LogP contribution in [0.3, 0.4) is 0 Å². The van der Waals surface area contributed by atoms with Crippen LogP contribution in [0.25, 0.3) is 0 Å². The minimum atomic E-state index is -4.45. The number of oxazole rings is 1. The van der Waals surface area contributed by atoms with Crippen LogP contribution in [-0.4, -0.2) is 63.5 Å². The number of anilines is 1. The summed E-state index contributed by atoms with van der Waals surface area (Å²) in [5.74, 6) is 0.599. The molecular weight excluding hydrogens is 606 g/mol. The Balaban J connectivity index is 1.68. The number of likely N-dealkylation sites (tertiary alicyclic amines) is 1. The fraction of sp³-hybridized carbons (Fsp3) is 0.324. The highest BCUT2D eigenvalue weighted by molar-refractivity contribution is 7.93. The lowest BCUT2D eigenvalue weighted by Gasteiger charge is -2.41. The van der Waals surface area contributed by atoms with E-state index < -0.39 is 27.5 Å². The minimum Gasteiger partial charge on any atom is -0.497 e. The summed E-state index contributed by atoms with van der Waals surface area (Å²) in [5.41, 5.74) is 0.483. The van der Waals surface area contributed by atoms with E-state index in [4.69, 9.17) is 13.9 Å². The number of nitrogens with zero attached hydrogens (tertiary/aromatic N) is 5. The van der Waals surface area contributed by atoms with Gasteiger partial charge in [0.05, 0.1) is 48.7 Å². The molecule has 11 nitrogen and oxygen atoms in total. The average molecular weight is 642 g/mol. The van der Waals surface area contributed by atoms with Crippen LogP contribution in [0, 0.1) is 11.3 Å². The van der Waals surface area contributed by atoms with Crippen molar-refractivity contribution >= 4 is 21.6 Å². The topological polar surface area (TPSA) is 129 Å². The number of rotatable bonds is 10. The molecule has 0 radical (unpaired) electrons. The minimum absolute atomic E-state index is 0.0799. The highest BCUT2D eigenvalue weighted by atomic mass is 32.2. The number of benzene rings is 3. The van der Waals surface area contributed by atoms with Crippen molar-refractivity contribution in [3.05, 3.63) is 101 Å². The number of amides is 1. The van der Waals surface area contributed by atoms with Crippen LogP contribution >= 0.6 is 0 Å². The first kappa shape index (κ1) is 31.3. The lowest BCUT2D eigenvalue weighted by molar-refractivity contribution is -0.127. The van der Waals surface area contributed by atoms with Gasteiger partial charge in [-0.1, -0.05) is 13.0 Å². The molecule has 0 saturated carbocycles. The van der Waals surface area contributed by atoms with Gasteiger partial charge in [0.1, 0.15) is 17.8 Å². The lowest BCUT2D eigenvalue weighted by Crippen LogP contribution is -2.54. The summed E-state index contributed by atoms with van der Waals surface area (Å²) < 4.78 is 46.9. The Morgan fingerprint density at radius 1 is 1.09 bits per heavy atom. The first-order chi connectivity index (χ1) is 22.2. The Morgan fingerprint density at radius 2 is 1.87 bits per heavy atom. The van der Waals surface area contributed by atoms with Gasteiger partial charge in [-0.2, -0.15) is 5.26 Å². The molecule has 3 heterocycles. The van der Waals surface area contributed by atoms with E-state index in [-0.39, 0.29) is 16.1 Å². The fourth-order valence-corrected chi connectivity index (χ4v) is 8.07. The number of sulfonamides is 1. The van der Waals surface area contributed by atoms with Crippen LogP contribution < -0.4 is 13.8 Å². The maximum atomic E-state index is 15.5. The van der Waals surface area contributed by atoms with Crippen molar-refractivity contribution in [3.63, 3.8) is 0 Å². The zero-order valence-electron chi connectivity index (χ0n) is 26.1. The second-order valence-corrected chi connectivity index (χ2v) is 13.2. The Bertz CT molecular complexity index is 1910. The van der Waals surface area contributed by atoms with Gasteiger partial charge in [0.2, 0.25) is 5.89 Å². The molecule has 4 aromatic rings. The molecular formula is C34H35N5O6S. The highest BCUT2D eigenvalue weighted by Gasteiger charge is 2.62.